The van der Waals surface area contributed by atoms with Crippen molar-refractivity contribution in [3.63, 3.8) is 0 Å². The van der Waals surface area contributed by atoms with Crippen molar-refractivity contribution in [3.05, 3.63) is 65.2 Å². The lowest BCUT2D eigenvalue weighted by Gasteiger charge is -2.26. The van der Waals surface area contributed by atoms with Gasteiger partial charge in [-0.15, -0.1) is 0 Å². The smallest absolute Gasteiger partial charge is 0.282 e. The molecule has 1 aliphatic carbocycles. The first-order chi connectivity index (χ1) is 12.0. The van der Waals surface area contributed by atoms with Crippen LogP contribution in [0, 0.1) is 0 Å². The van der Waals surface area contributed by atoms with Gasteiger partial charge in [-0.05, 0) is 49.6 Å². The zero-order chi connectivity index (χ0) is 17.8. The molecular weight excluding hydrogens is 314 g/mol. The van der Waals surface area contributed by atoms with Crippen molar-refractivity contribution in [2.75, 3.05) is 5.32 Å². The number of quaternary nitrogens is 1. The third-order valence-corrected chi connectivity index (χ3v) is 4.79. The quantitative estimate of drug-likeness (QED) is 0.775. The summed E-state index contributed by atoms with van der Waals surface area (Å²) in [5.41, 5.74) is 9.06. The number of anilines is 1. The molecule has 2 aromatic carbocycles. The number of nitrogens with two attached hydrogens (primary N) is 2. The SMILES string of the molecule is C[C@H]([NH2+][C@H]1CCCc2ccccc21)C(=O)Nc1ccc(C(N)=O)cc1. The zero-order valence-electron chi connectivity index (χ0n) is 14.4. The van der Waals surface area contributed by atoms with Gasteiger partial charge in [-0.3, -0.25) is 9.59 Å². The van der Waals surface area contributed by atoms with E-state index in [2.05, 4.69) is 34.9 Å². The van der Waals surface area contributed by atoms with Crippen molar-refractivity contribution in [1.82, 2.24) is 0 Å². The van der Waals surface area contributed by atoms with E-state index in [0.29, 0.717) is 17.3 Å². The minimum atomic E-state index is -0.476. The van der Waals surface area contributed by atoms with E-state index in [0.717, 1.165) is 19.3 Å². The summed E-state index contributed by atoms with van der Waals surface area (Å²) in [6.07, 6.45) is 3.36. The van der Waals surface area contributed by atoms with Gasteiger partial charge in [0.05, 0.1) is 0 Å². The molecule has 0 aromatic heterocycles. The number of fused-ring (bicyclic) bond motifs is 1. The number of rotatable bonds is 5. The molecule has 130 valence electrons. The number of amides is 2. The van der Waals surface area contributed by atoms with Gasteiger partial charge in [0.2, 0.25) is 5.91 Å². The van der Waals surface area contributed by atoms with Crippen LogP contribution in [-0.2, 0) is 11.2 Å². The fourth-order valence-corrected chi connectivity index (χ4v) is 3.40. The van der Waals surface area contributed by atoms with Gasteiger partial charge in [0.25, 0.3) is 5.91 Å². The van der Waals surface area contributed by atoms with Gasteiger partial charge in [0.1, 0.15) is 6.04 Å². The van der Waals surface area contributed by atoms with Crippen molar-refractivity contribution in [2.24, 2.45) is 5.73 Å². The fraction of sp³-hybridized carbons (Fsp3) is 0.300. The van der Waals surface area contributed by atoms with E-state index in [-0.39, 0.29) is 11.9 Å². The van der Waals surface area contributed by atoms with E-state index in [4.69, 9.17) is 5.73 Å². The van der Waals surface area contributed by atoms with E-state index in [1.165, 1.54) is 11.1 Å². The first-order valence-corrected chi connectivity index (χ1v) is 8.68. The summed E-state index contributed by atoms with van der Waals surface area (Å²) >= 11 is 0. The number of benzene rings is 2. The number of hydrogen-bond donors (Lipinski definition) is 3. The highest BCUT2D eigenvalue weighted by atomic mass is 16.2. The Balaban J connectivity index is 1.62. The summed E-state index contributed by atoms with van der Waals surface area (Å²) in [6, 6.07) is 15.2. The normalized spacial score (nSPS) is 17.4. The Kier molecular flexibility index (Phi) is 5.14. The second-order valence-corrected chi connectivity index (χ2v) is 6.61. The van der Waals surface area contributed by atoms with Crippen molar-refractivity contribution in [3.8, 4) is 0 Å². The molecule has 2 aromatic rings. The lowest BCUT2D eigenvalue weighted by molar-refractivity contribution is -0.714. The third kappa shape index (κ3) is 4.06. The first kappa shape index (κ1) is 17.2. The van der Waals surface area contributed by atoms with Gasteiger partial charge < -0.3 is 16.4 Å². The summed E-state index contributed by atoms with van der Waals surface area (Å²) in [5.74, 6) is -0.523. The molecule has 0 unspecified atom stereocenters. The highest BCUT2D eigenvalue weighted by Gasteiger charge is 2.27. The number of carbonyl (C=O) groups is 2. The summed E-state index contributed by atoms with van der Waals surface area (Å²) in [6.45, 7) is 1.92. The van der Waals surface area contributed by atoms with Gasteiger partial charge in [-0.2, -0.15) is 0 Å². The van der Waals surface area contributed by atoms with Crippen LogP contribution >= 0.6 is 0 Å². The van der Waals surface area contributed by atoms with Crippen LogP contribution in [0.4, 0.5) is 5.69 Å². The Morgan fingerprint density at radius 2 is 1.88 bits per heavy atom. The maximum Gasteiger partial charge on any atom is 0.282 e. The number of hydrogen-bond acceptors (Lipinski definition) is 2. The largest absolute Gasteiger partial charge is 0.366 e. The molecule has 2 atom stereocenters. The van der Waals surface area contributed by atoms with E-state index in [1.54, 1.807) is 24.3 Å². The van der Waals surface area contributed by atoms with Gasteiger partial charge >= 0.3 is 0 Å². The van der Waals surface area contributed by atoms with Crippen LogP contribution in [0.15, 0.2) is 48.5 Å². The van der Waals surface area contributed by atoms with Crippen LogP contribution < -0.4 is 16.4 Å². The second kappa shape index (κ2) is 7.49. The lowest BCUT2D eigenvalue weighted by Crippen LogP contribution is -2.92. The minimum absolute atomic E-state index is 0.0464. The number of primary amides is 1. The van der Waals surface area contributed by atoms with Crippen LogP contribution in [0.5, 0.6) is 0 Å². The molecule has 0 spiro atoms. The molecule has 25 heavy (non-hydrogen) atoms. The standard InChI is InChI=1S/C20H23N3O2/c1-13(20(25)23-16-11-9-15(10-12-16)19(21)24)22-18-8-4-6-14-5-2-3-7-17(14)18/h2-3,5,7,9-13,18,22H,4,6,8H2,1H3,(H2,21,24)(H,23,25)/p+1/t13-,18-/m0/s1. The number of nitrogens with one attached hydrogen (secondary N) is 1. The third-order valence-electron chi connectivity index (χ3n) is 4.79. The van der Waals surface area contributed by atoms with Crippen LogP contribution in [0.2, 0.25) is 0 Å². The lowest BCUT2D eigenvalue weighted by atomic mass is 9.87. The molecule has 0 heterocycles. The molecule has 5 nitrogen and oxygen atoms in total. The van der Waals surface area contributed by atoms with Crippen molar-refractivity contribution in [2.45, 2.75) is 38.3 Å². The average molecular weight is 338 g/mol. The van der Waals surface area contributed by atoms with E-state index < -0.39 is 5.91 Å². The summed E-state index contributed by atoms with van der Waals surface area (Å²) in [7, 11) is 0. The van der Waals surface area contributed by atoms with E-state index >= 15 is 0 Å². The molecule has 0 fully saturated rings. The molecular formula is C20H24N3O2+. The summed E-state index contributed by atoms with van der Waals surface area (Å²) in [5, 5.41) is 5.04. The Bertz CT molecular complexity index is 771. The Hall–Kier alpha value is -2.66. The van der Waals surface area contributed by atoms with E-state index in [1.807, 2.05) is 6.92 Å². The second-order valence-electron chi connectivity index (χ2n) is 6.61. The summed E-state index contributed by atoms with van der Waals surface area (Å²) < 4.78 is 0. The van der Waals surface area contributed by atoms with Gasteiger partial charge in [0.15, 0.2) is 6.04 Å². The summed E-state index contributed by atoms with van der Waals surface area (Å²) in [4.78, 5) is 23.6. The maximum atomic E-state index is 12.5. The molecule has 0 saturated carbocycles. The van der Waals surface area contributed by atoms with Gasteiger partial charge in [-0.25, -0.2) is 0 Å². The molecule has 5 N–H and O–H groups in total. The predicted molar refractivity (Wildman–Crippen MR) is 97.1 cm³/mol. The highest BCUT2D eigenvalue weighted by molar-refractivity contribution is 5.95. The van der Waals surface area contributed by atoms with Gasteiger partial charge in [-0.1, -0.05) is 24.3 Å². The topological polar surface area (TPSA) is 88.8 Å². The zero-order valence-corrected chi connectivity index (χ0v) is 14.4. The van der Waals surface area contributed by atoms with Crippen molar-refractivity contribution in [1.29, 1.82) is 0 Å². The molecule has 0 radical (unpaired) electrons. The van der Waals surface area contributed by atoms with Gasteiger partial charge in [0, 0.05) is 23.2 Å². The highest BCUT2D eigenvalue weighted by Crippen LogP contribution is 2.26. The van der Waals surface area contributed by atoms with E-state index in [9.17, 15) is 9.59 Å². The van der Waals surface area contributed by atoms with Crippen LogP contribution in [0.1, 0.15) is 47.3 Å². The monoisotopic (exact) mass is 338 g/mol. The predicted octanol–water partition coefficient (Wildman–Crippen LogP) is 1.75. The Morgan fingerprint density at radius 1 is 1.16 bits per heavy atom. The molecule has 1 aliphatic rings. The maximum absolute atomic E-state index is 12.5. The van der Waals surface area contributed by atoms with Crippen molar-refractivity contribution >= 4 is 17.5 Å². The molecule has 5 heteroatoms. The fourth-order valence-electron chi connectivity index (χ4n) is 3.40. The molecule has 3 rings (SSSR count). The van der Waals surface area contributed by atoms with Crippen LogP contribution in [0.3, 0.4) is 0 Å². The minimum Gasteiger partial charge on any atom is -0.366 e. The Morgan fingerprint density at radius 3 is 2.60 bits per heavy atom. The first-order valence-electron chi connectivity index (χ1n) is 8.68. The molecule has 0 saturated heterocycles. The van der Waals surface area contributed by atoms with Crippen LogP contribution in [-0.4, -0.2) is 17.9 Å². The number of aryl methyl sites for hydroxylation is 1. The average Bonchev–Trinajstić information content (AvgIpc) is 2.62. The molecule has 0 bridgehead atoms. The van der Waals surface area contributed by atoms with Crippen molar-refractivity contribution < 1.29 is 14.9 Å². The van der Waals surface area contributed by atoms with Crippen LogP contribution in [0.25, 0.3) is 0 Å². The molecule has 0 aliphatic heterocycles. The molecule has 2 amide bonds. The number of carbonyl (C=O) groups excluding carboxylic acids is 2. The Labute approximate surface area is 147 Å².